The van der Waals surface area contributed by atoms with Gasteiger partial charge in [0.1, 0.15) is 10.1 Å². The van der Waals surface area contributed by atoms with Gasteiger partial charge in [-0.1, -0.05) is 30.1 Å². The Morgan fingerprint density at radius 2 is 1.68 bits per heavy atom. The zero-order valence-electron chi connectivity index (χ0n) is 19.9. The number of thioether (sulfide) groups is 1. The van der Waals surface area contributed by atoms with Crippen molar-refractivity contribution < 1.29 is 23.7 Å². The Morgan fingerprint density at radius 1 is 1.03 bits per heavy atom. The van der Waals surface area contributed by atoms with Crippen LogP contribution in [0.3, 0.4) is 0 Å². The van der Waals surface area contributed by atoms with Crippen LogP contribution in [0, 0.1) is 0 Å². The second-order valence-electron chi connectivity index (χ2n) is 7.69. The molecule has 0 atom stereocenters. The third-order valence-corrected chi connectivity index (χ3v) is 7.01. The fourth-order valence-corrected chi connectivity index (χ4v) is 4.82. The topological polar surface area (TPSA) is 57.2 Å². The van der Waals surface area contributed by atoms with E-state index in [9.17, 15) is 4.79 Å². The number of likely N-dealkylation sites (tertiary alicyclic amines) is 1. The fraction of sp³-hybridized carbons (Fsp3) is 0.385. The normalized spacial score (nSPS) is 13.2. The number of allylic oxidation sites excluding steroid dienone is 1. The number of ketones is 1. The minimum absolute atomic E-state index is 0.105. The zero-order valence-corrected chi connectivity index (χ0v) is 21.5. The standard InChI is InChI=1S/C26H31NO5S2/c1-29-23-17-19(18-24(30-2)25(23)31-3)7-12-22(28)20-8-10-21(11-9-20)32-15-6-16-34-26(33)27-13-4-5-14-27/h7-12,17-18H,4-6,13-16H2,1-3H3/b12-7+. The van der Waals surface area contributed by atoms with Crippen molar-refractivity contribution in [1.29, 1.82) is 0 Å². The molecule has 2 aromatic carbocycles. The van der Waals surface area contributed by atoms with Gasteiger partial charge in [0.15, 0.2) is 17.3 Å². The minimum Gasteiger partial charge on any atom is -0.494 e. The Labute approximate surface area is 211 Å². The fourth-order valence-electron chi connectivity index (χ4n) is 3.58. The molecule has 0 spiro atoms. The van der Waals surface area contributed by atoms with Crippen LogP contribution in [0.25, 0.3) is 6.08 Å². The summed E-state index contributed by atoms with van der Waals surface area (Å²) < 4.78 is 22.9. The number of ether oxygens (including phenoxy) is 4. The van der Waals surface area contributed by atoms with Crippen LogP contribution >= 0.6 is 24.0 Å². The monoisotopic (exact) mass is 501 g/mol. The molecular formula is C26H31NO5S2. The lowest BCUT2D eigenvalue weighted by Gasteiger charge is -2.17. The highest BCUT2D eigenvalue weighted by Gasteiger charge is 2.15. The van der Waals surface area contributed by atoms with Crippen LogP contribution in [0.4, 0.5) is 0 Å². The summed E-state index contributed by atoms with van der Waals surface area (Å²) in [6.45, 7) is 2.79. The zero-order chi connectivity index (χ0) is 24.3. The lowest BCUT2D eigenvalue weighted by Crippen LogP contribution is -2.23. The predicted octanol–water partition coefficient (Wildman–Crippen LogP) is 5.49. The van der Waals surface area contributed by atoms with E-state index in [0.717, 1.165) is 40.9 Å². The summed E-state index contributed by atoms with van der Waals surface area (Å²) in [7, 11) is 4.67. The number of hydrogen-bond acceptors (Lipinski definition) is 7. The minimum atomic E-state index is -0.105. The summed E-state index contributed by atoms with van der Waals surface area (Å²) in [5.41, 5.74) is 1.35. The average molecular weight is 502 g/mol. The molecule has 0 aliphatic carbocycles. The van der Waals surface area contributed by atoms with E-state index in [1.165, 1.54) is 18.9 Å². The van der Waals surface area contributed by atoms with Crippen molar-refractivity contribution in [3.63, 3.8) is 0 Å². The van der Waals surface area contributed by atoms with Crippen LogP contribution < -0.4 is 18.9 Å². The van der Waals surface area contributed by atoms with Gasteiger partial charge < -0.3 is 23.8 Å². The second-order valence-corrected chi connectivity index (χ2v) is 9.42. The van der Waals surface area contributed by atoms with Gasteiger partial charge in [0.05, 0.1) is 27.9 Å². The van der Waals surface area contributed by atoms with Gasteiger partial charge in [-0.15, -0.1) is 0 Å². The molecule has 0 unspecified atom stereocenters. The van der Waals surface area contributed by atoms with Crippen molar-refractivity contribution in [3.8, 4) is 23.0 Å². The summed E-state index contributed by atoms with van der Waals surface area (Å²) in [5, 5.41) is 0. The molecule has 0 aromatic heterocycles. The molecule has 0 saturated carbocycles. The maximum absolute atomic E-state index is 12.6. The Hall–Kier alpha value is -2.71. The van der Waals surface area contributed by atoms with Crippen LogP contribution in [0.15, 0.2) is 42.5 Å². The van der Waals surface area contributed by atoms with Gasteiger partial charge in [-0.25, -0.2) is 0 Å². The highest BCUT2D eigenvalue weighted by Crippen LogP contribution is 2.38. The first-order chi connectivity index (χ1) is 16.5. The summed E-state index contributed by atoms with van der Waals surface area (Å²) in [6, 6.07) is 10.8. The first-order valence-electron chi connectivity index (χ1n) is 11.2. The first-order valence-corrected chi connectivity index (χ1v) is 12.6. The highest BCUT2D eigenvalue weighted by molar-refractivity contribution is 8.22. The number of carbonyl (C=O) groups is 1. The van der Waals surface area contributed by atoms with Gasteiger partial charge in [-0.2, -0.15) is 0 Å². The van der Waals surface area contributed by atoms with E-state index < -0.39 is 0 Å². The highest BCUT2D eigenvalue weighted by atomic mass is 32.2. The third kappa shape index (κ3) is 7.14. The number of thiocarbonyl (C=S) groups is 1. The van der Waals surface area contributed by atoms with Crippen molar-refractivity contribution in [1.82, 2.24) is 4.90 Å². The summed E-state index contributed by atoms with van der Waals surface area (Å²) >= 11 is 7.20. The molecule has 1 heterocycles. The SMILES string of the molecule is COc1cc(/C=C/C(=O)c2ccc(OCCCSC(=S)N3CCCC3)cc2)cc(OC)c1OC. The Bertz CT molecular complexity index is 976. The molecule has 0 radical (unpaired) electrons. The molecule has 6 nitrogen and oxygen atoms in total. The molecule has 1 fully saturated rings. The number of nitrogens with zero attached hydrogens (tertiary/aromatic N) is 1. The van der Waals surface area contributed by atoms with E-state index in [-0.39, 0.29) is 5.78 Å². The molecule has 1 saturated heterocycles. The maximum atomic E-state index is 12.6. The molecule has 8 heteroatoms. The van der Waals surface area contributed by atoms with E-state index in [0.29, 0.717) is 29.4 Å². The van der Waals surface area contributed by atoms with Crippen LogP contribution in [0.1, 0.15) is 35.2 Å². The number of rotatable bonds is 11. The van der Waals surface area contributed by atoms with Gasteiger partial charge in [0.2, 0.25) is 5.75 Å². The van der Waals surface area contributed by atoms with Crippen LogP contribution in [-0.2, 0) is 0 Å². The average Bonchev–Trinajstić information content (AvgIpc) is 3.42. The van der Waals surface area contributed by atoms with E-state index in [2.05, 4.69) is 4.90 Å². The van der Waals surface area contributed by atoms with Gasteiger partial charge in [0, 0.05) is 24.4 Å². The smallest absolute Gasteiger partial charge is 0.203 e. The van der Waals surface area contributed by atoms with Gasteiger partial charge in [-0.05, 0) is 67.3 Å². The van der Waals surface area contributed by atoms with Gasteiger partial charge >= 0.3 is 0 Å². The van der Waals surface area contributed by atoms with E-state index in [1.807, 2.05) is 12.1 Å². The van der Waals surface area contributed by atoms with Crippen molar-refractivity contribution in [2.75, 3.05) is 46.8 Å². The van der Waals surface area contributed by atoms with Gasteiger partial charge in [0.25, 0.3) is 0 Å². The van der Waals surface area contributed by atoms with Gasteiger partial charge in [-0.3, -0.25) is 4.79 Å². The lowest BCUT2D eigenvalue weighted by molar-refractivity contribution is 0.104. The molecule has 34 heavy (non-hydrogen) atoms. The Balaban J connectivity index is 1.48. The van der Waals surface area contributed by atoms with E-state index >= 15 is 0 Å². The number of hydrogen-bond donors (Lipinski definition) is 0. The Kier molecular flexibility index (Phi) is 10.1. The van der Waals surface area contributed by atoms with E-state index in [4.69, 9.17) is 31.2 Å². The molecule has 0 bridgehead atoms. The number of methoxy groups -OCH3 is 3. The van der Waals surface area contributed by atoms with E-state index in [1.54, 1.807) is 63.4 Å². The quantitative estimate of drug-likeness (QED) is 0.173. The molecule has 0 N–H and O–H groups in total. The van der Waals surface area contributed by atoms with Crippen LogP contribution in [0.2, 0.25) is 0 Å². The molecule has 1 aliphatic rings. The third-order valence-electron chi connectivity index (χ3n) is 5.40. The molecular weight excluding hydrogens is 470 g/mol. The second kappa shape index (κ2) is 13.2. The lowest BCUT2D eigenvalue weighted by atomic mass is 10.1. The van der Waals surface area contributed by atoms with Crippen LogP contribution in [0.5, 0.6) is 23.0 Å². The summed E-state index contributed by atoms with van der Waals surface area (Å²) in [5.74, 6) is 3.16. The van der Waals surface area contributed by atoms with Crippen molar-refractivity contribution in [2.24, 2.45) is 0 Å². The first kappa shape index (κ1) is 25.9. The molecule has 3 rings (SSSR count). The number of benzene rings is 2. The van der Waals surface area contributed by atoms with Crippen LogP contribution in [-0.4, -0.2) is 61.8 Å². The molecule has 0 amide bonds. The summed E-state index contributed by atoms with van der Waals surface area (Å²) in [6.07, 6.45) is 6.64. The molecule has 2 aromatic rings. The predicted molar refractivity (Wildman–Crippen MR) is 142 cm³/mol. The molecule has 182 valence electrons. The van der Waals surface area contributed by atoms with Crippen molar-refractivity contribution in [2.45, 2.75) is 19.3 Å². The summed E-state index contributed by atoms with van der Waals surface area (Å²) in [4.78, 5) is 14.9. The largest absolute Gasteiger partial charge is 0.494 e. The molecule has 1 aliphatic heterocycles. The number of carbonyl (C=O) groups excluding carboxylic acids is 1. The van der Waals surface area contributed by atoms with Crippen molar-refractivity contribution in [3.05, 3.63) is 53.6 Å². The van der Waals surface area contributed by atoms with Crippen molar-refractivity contribution >= 4 is 40.2 Å². The Morgan fingerprint density at radius 3 is 2.26 bits per heavy atom. The maximum Gasteiger partial charge on any atom is 0.203 e.